The van der Waals surface area contributed by atoms with Crippen LogP contribution in [-0.4, -0.2) is 37.1 Å². The van der Waals surface area contributed by atoms with E-state index in [0.29, 0.717) is 30.4 Å². The molecular formula is C11H12F3NO3. The van der Waals surface area contributed by atoms with Gasteiger partial charge in [0.25, 0.3) is 0 Å². The van der Waals surface area contributed by atoms with Crippen LogP contribution in [0.5, 0.6) is 11.5 Å². The van der Waals surface area contributed by atoms with Gasteiger partial charge in [0.2, 0.25) is 0 Å². The van der Waals surface area contributed by atoms with Gasteiger partial charge in [-0.15, -0.1) is 0 Å². The molecule has 0 radical (unpaired) electrons. The van der Waals surface area contributed by atoms with Crippen LogP contribution in [0.25, 0.3) is 0 Å². The molecule has 1 aliphatic rings. The van der Waals surface area contributed by atoms with E-state index in [1.807, 2.05) is 0 Å². The summed E-state index contributed by atoms with van der Waals surface area (Å²) in [7, 11) is 0. The predicted octanol–water partition coefficient (Wildman–Crippen LogP) is 1.79. The molecule has 4 nitrogen and oxygen atoms in total. The Kier molecular flexibility index (Phi) is 3.51. The Morgan fingerprint density at radius 2 is 1.89 bits per heavy atom. The third kappa shape index (κ3) is 2.98. The molecule has 1 heterocycles. The van der Waals surface area contributed by atoms with Crippen LogP contribution < -0.4 is 14.8 Å². The molecule has 0 bridgehead atoms. The van der Waals surface area contributed by atoms with Crippen molar-refractivity contribution in [2.75, 3.05) is 25.1 Å². The van der Waals surface area contributed by atoms with Gasteiger partial charge >= 0.3 is 6.18 Å². The van der Waals surface area contributed by atoms with E-state index in [4.69, 9.17) is 14.6 Å². The van der Waals surface area contributed by atoms with Gasteiger partial charge in [0.05, 0.1) is 0 Å². The Labute approximate surface area is 101 Å². The van der Waals surface area contributed by atoms with Crippen molar-refractivity contribution < 1.29 is 27.8 Å². The maximum atomic E-state index is 12.1. The Morgan fingerprint density at radius 3 is 2.56 bits per heavy atom. The molecule has 0 fully saturated rings. The molecule has 0 amide bonds. The van der Waals surface area contributed by atoms with Gasteiger partial charge in [0.1, 0.15) is 13.2 Å². The zero-order valence-corrected chi connectivity index (χ0v) is 9.33. The highest BCUT2D eigenvalue weighted by molar-refractivity contribution is 5.55. The molecule has 1 aliphatic heterocycles. The molecule has 18 heavy (non-hydrogen) atoms. The van der Waals surface area contributed by atoms with Crippen LogP contribution in [0.2, 0.25) is 0 Å². The first-order valence-corrected chi connectivity index (χ1v) is 5.35. The second kappa shape index (κ2) is 4.93. The summed E-state index contributed by atoms with van der Waals surface area (Å²) in [5.74, 6) is 1.04. The Morgan fingerprint density at radius 1 is 1.22 bits per heavy atom. The maximum Gasteiger partial charge on any atom is 0.416 e. The van der Waals surface area contributed by atoms with E-state index in [-0.39, 0.29) is 0 Å². The highest BCUT2D eigenvalue weighted by Gasteiger charge is 2.37. The Balaban J connectivity index is 1.98. The molecular weight excluding hydrogens is 251 g/mol. The SMILES string of the molecule is OC(CNc1ccc2c(c1)OCCO2)C(F)(F)F. The molecule has 1 unspecified atom stereocenters. The summed E-state index contributed by atoms with van der Waals surface area (Å²) < 4.78 is 46.8. The van der Waals surface area contributed by atoms with E-state index in [9.17, 15) is 13.2 Å². The van der Waals surface area contributed by atoms with Crippen LogP contribution >= 0.6 is 0 Å². The van der Waals surface area contributed by atoms with Crippen molar-refractivity contribution in [3.05, 3.63) is 18.2 Å². The highest BCUT2D eigenvalue weighted by atomic mass is 19.4. The minimum absolute atomic E-state index is 0.404. The number of hydrogen-bond acceptors (Lipinski definition) is 4. The average molecular weight is 263 g/mol. The lowest BCUT2D eigenvalue weighted by Crippen LogP contribution is -2.35. The quantitative estimate of drug-likeness (QED) is 0.873. The van der Waals surface area contributed by atoms with Gasteiger partial charge in [-0.05, 0) is 12.1 Å². The number of ether oxygens (including phenoxy) is 2. The number of alkyl halides is 3. The minimum atomic E-state index is -4.62. The monoisotopic (exact) mass is 263 g/mol. The summed E-state index contributed by atoms with van der Waals surface area (Å²) in [6.07, 6.45) is -7.02. The van der Waals surface area contributed by atoms with Crippen molar-refractivity contribution >= 4 is 5.69 Å². The number of fused-ring (bicyclic) bond motifs is 1. The summed E-state index contributed by atoms with van der Waals surface area (Å²) in [4.78, 5) is 0. The van der Waals surface area contributed by atoms with Crippen LogP contribution in [0.1, 0.15) is 0 Å². The second-order valence-corrected chi connectivity index (χ2v) is 3.80. The number of nitrogens with one attached hydrogen (secondary N) is 1. The van der Waals surface area contributed by atoms with Crippen LogP contribution in [0.15, 0.2) is 18.2 Å². The summed E-state index contributed by atoms with van der Waals surface area (Å²) >= 11 is 0. The van der Waals surface area contributed by atoms with Gasteiger partial charge in [0, 0.05) is 18.3 Å². The van der Waals surface area contributed by atoms with Crippen molar-refractivity contribution in [2.45, 2.75) is 12.3 Å². The molecule has 2 N–H and O–H groups in total. The molecule has 7 heteroatoms. The standard InChI is InChI=1S/C11H12F3NO3/c12-11(13,14)10(16)6-15-7-1-2-8-9(5-7)18-4-3-17-8/h1-2,5,10,15-16H,3-4,6H2. The van der Waals surface area contributed by atoms with Crippen molar-refractivity contribution in [1.29, 1.82) is 0 Å². The van der Waals surface area contributed by atoms with Crippen LogP contribution in [0, 0.1) is 0 Å². The average Bonchev–Trinajstić information content (AvgIpc) is 2.34. The first-order valence-electron chi connectivity index (χ1n) is 5.35. The molecule has 100 valence electrons. The number of hydrogen-bond donors (Lipinski definition) is 2. The largest absolute Gasteiger partial charge is 0.486 e. The number of rotatable bonds is 3. The summed E-state index contributed by atoms with van der Waals surface area (Å²) in [5.41, 5.74) is 0.433. The van der Waals surface area contributed by atoms with Gasteiger partial charge in [0.15, 0.2) is 17.6 Å². The smallest absolute Gasteiger partial charge is 0.416 e. The maximum absolute atomic E-state index is 12.1. The number of aliphatic hydroxyl groups excluding tert-OH is 1. The normalized spacial score (nSPS) is 16.2. The lowest BCUT2D eigenvalue weighted by molar-refractivity contribution is -0.198. The molecule has 1 aromatic rings. The fourth-order valence-corrected chi connectivity index (χ4v) is 1.48. The molecule has 0 aliphatic carbocycles. The van der Waals surface area contributed by atoms with E-state index in [2.05, 4.69) is 5.32 Å². The van der Waals surface area contributed by atoms with Gasteiger partial charge in [-0.3, -0.25) is 0 Å². The summed E-state index contributed by atoms with van der Waals surface area (Å²) in [6, 6.07) is 4.71. The van der Waals surface area contributed by atoms with Gasteiger partial charge < -0.3 is 19.9 Å². The lowest BCUT2D eigenvalue weighted by atomic mass is 10.2. The topological polar surface area (TPSA) is 50.7 Å². The van der Waals surface area contributed by atoms with Gasteiger partial charge in [-0.2, -0.15) is 13.2 Å². The van der Waals surface area contributed by atoms with E-state index in [1.165, 1.54) is 6.07 Å². The molecule has 0 aromatic heterocycles. The zero-order valence-electron chi connectivity index (χ0n) is 9.33. The van der Waals surface area contributed by atoms with E-state index >= 15 is 0 Å². The molecule has 2 rings (SSSR count). The fourth-order valence-electron chi connectivity index (χ4n) is 1.48. The molecule has 0 saturated heterocycles. The fraction of sp³-hybridized carbons (Fsp3) is 0.455. The van der Waals surface area contributed by atoms with E-state index < -0.39 is 18.8 Å². The Hall–Kier alpha value is -1.63. The molecule has 1 atom stereocenters. The zero-order chi connectivity index (χ0) is 13.2. The lowest BCUT2D eigenvalue weighted by Gasteiger charge is -2.20. The van der Waals surface area contributed by atoms with Crippen LogP contribution in [-0.2, 0) is 0 Å². The second-order valence-electron chi connectivity index (χ2n) is 3.80. The minimum Gasteiger partial charge on any atom is -0.486 e. The number of anilines is 1. The van der Waals surface area contributed by atoms with E-state index in [0.717, 1.165) is 0 Å². The highest BCUT2D eigenvalue weighted by Crippen LogP contribution is 2.32. The van der Waals surface area contributed by atoms with Crippen LogP contribution in [0.4, 0.5) is 18.9 Å². The molecule has 0 spiro atoms. The van der Waals surface area contributed by atoms with Crippen LogP contribution in [0.3, 0.4) is 0 Å². The first-order chi connectivity index (χ1) is 8.47. The van der Waals surface area contributed by atoms with Crippen molar-refractivity contribution in [3.63, 3.8) is 0 Å². The Bertz CT molecular complexity index is 422. The number of aliphatic hydroxyl groups is 1. The van der Waals surface area contributed by atoms with Gasteiger partial charge in [-0.25, -0.2) is 0 Å². The van der Waals surface area contributed by atoms with E-state index in [1.54, 1.807) is 12.1 Å². The number of benzene rings is 1. The molecule has 1 aromatic carbocycles. The summed E-state index contributed by atoms with van der Waals surface area (Å²) in [6.45, 7) is 0.247. The molecule has 0 saturated carbocycles. The summed E-state index contributed by atoms with van der Waals surface area (Å²) in [5, 5.41) is 11.3. The van der Waals surface area contributed by atoms with Crippen molar-refractivity contribution in [1.82, 2.24) is 0 Å². The van der Waals surface area contributed by atoms with Crippen molar-refractivity contribution in [3.8, 4) is 11.5 Å². The first kappa shape index (κ1) is 12.8. The number of halogens is 3. The van der Waals surface area contributed by atoms with Gasteiger partial charge in [-0.1, -0.05) is 0 Å². The third-order valence-electron chi connectivity index (χ3n) is 2.42. The third-order valence-corrected chi connectivity index (χ3v) is 2.42. The van der Waals surface area contributed by atoms with Crippen molar-refractivity contribution in [2.24, 2.45) is 0 Å². The predicted molar refractivity (Wildman–Crippen MR) is 58.0 cm³/mol.